The molecular formula is C17H28ClIN6S. The van der Waals surface area contributed by atoms with Crippen molar-refractivity contribution in [2.75, 3.05) is 62.7 Å². The third kappa shape index (κ3) is 6.31. The van der Waals surface area contributed by atoms with E-state index in [-0.39, 0.29) is 24.0 Å². The zero-order valence-electron chi connectivity index (χ0n) is 15.2. The average Bonchev–Trinajstić information content (AvgIpc) is 3.10. The Balaban J connectivity index is 0.00000243. The van der Waals surface area contributed by atoms with E-state index in [2.05, 4.69) is 30.4 Å². The molecule has 0 radical (unpaired) electrons. The van der Waals surface area contributed by atoms with E-state index in [1.165, 1.54) is 24.6 Å². The van der Waals surface area contributed by atoms with Gasteiger partial charge in [0.1, 0.15) is 5.82 Å². The van der Waals surface area contributed by atoms with E-state index >= 15 is 0 Å². The van der Waals surface area contributed by atoms with Crippen molar-refractivity contribution in [3.05, 3.63) is 23.4 Å². The monoisotopic (exact) mass is 510 g/mol. The molecule has 2 aliphatic rings. The summed E-state index contributed by atoms with van der Waals surface area (Å²) in [4.78, 5) is 13.5. The first-order valence-corrected chi connectivity index (χ1v) is 10.4. The minimum atomic E-state index is 0. The molecule has 146 valence electrons. The van der Waals surface area contributed by atoms with Crippen LogP contribution < -0.4 is 15.5 Å². The predicted octanol–water partition coefficient (Wildman–Crippen LogP) is 2.15. The highest BCUT2D eigenvalue weighted by Crippen LogP contribution is 2.25. The first-order valence-electron chi connectivity index (χ1n) is 8.89. The summed E-state index contributed by atoms with van der Waals surface area (Å²) in [7, 11) is 1.83. The number of nitrogens with one attached hydrogen (secondary N) is 2. The van der Waals surface area contributed by atoms with Crippen LogP contribution in [-0.4, -0.2) is 79.7 Å². The fourth-order valence-corrected chi connectivity index (χ4v) is 4.45. The number of hydrogen-bond donors (Lipinski definition) is 2. The van der Waals surface area contributed by atoms with Crippen LogP contribution in [0.25, 0.3) is 0 Å². The predicted molar refractivity (Wildman–Crippen MR) is 124 cm³/mol. The minimum Gasteiger partial charge on any atom is -0.355 e. The van der Waals surface area contributed by atoms with Gasteiger partial charge in [0, 0.05) is 70.1 Å². The van der Waals surface area contributed by atoms with E-state index in [9.17, 15) is 0 Å². The first-order chi connectivity index (χ1) is 12.3. The SMILES string of the molecule is CN=C(NCCN1CCSCC1)NC1CCN(c2ncccc2Cl)C1.I. The molecule has 1 atom stereocenters. The zero-order valence-corrected chi connectivity index (χ0v) is 19.1. The van der Waals surface area contributed by atoms with Gasteiger partial charge in [0.25, 0.3) is 0 Å². The number of nitrogens with zero attached hydrogens (tertiary/aromatic N) is 4. The number of guanidine groups is 1. The molecule has 1 aromatic rings. The largest absolute Gasteiger partial charge is 0.355 e. The lowest BCUT2D eigenvalue weighted by atomic mass is 10.3. The molecule has 1 unspecified atom stereocenters. The molecule has 0 saturated carbocycles. The number of aromatic nitrogens is 1. The average molecular weight is 511 g/mol. The summed E-state index contributed by atoms with van der Waals surface area (Å²) in [5, 5.41) is 7.68. The number of rotatable bonds is 5. The van der Waals surface area contributed by atoms with Crippen molar-refractivity contribution < 1.29 is 0 Å². The van der Waals surface area contributed by atoms with E-state index in [1.807, 2.05) is 30.9 Å². The van der Waals surface area contributed by atoms with Crippen molar-refractivity contribution in [1.29, 1.82) is 0 Å². The summed E-state index contributed by atoms with van der Waals surface area (Å²) in [6, 6.07) is 4.12. The van der Waals surface area contributed by atoms with Gasteiger partial charge in [0.15, 0.2) is 5.96 Å². The zero-order chi connectivity index (χ0) is 17.5. The Kier molecular flexibility index (Phi) is 9.58. The molecule has 3 heterocycles. The van der Waals surface area contributed by atoms with Crippen LogP contribution in [0.1, 0.15) is 6.42 Å². The van der Waals surface area contributed by atoms with Gasteiger partial charge < -0.3 is 15.5 Å². The highest BCUT2D eigenvalue weighted by Gasteiger charge is 2.25. The lowest BCUT2D eigenvalue weighted by Crippen LogP contribution is -2.47. The summed E-state index contributed by atoms with van der Waals surface area (Å²) >= 11 is 8.31. The second kappa shape index (κ2) is 11.4. The molecule has 0 aliphatic carbocycles. The van der Waals surface area contributed by atoms with E-state index in [0.29, 0.717) is 11.1 Å². The molecular weight excluding hydrogens is 483 g/mol. The van der Waals surface area contributed by atoms with Crippen LogP contribution in [0.4, 0.5) is 5.82 Å². The fraction of sp³-hybridized carbons (Fsp3) is 0.647. The van der Waals surface area contributed by atoms with Gasteiger partial charge >= 0.3 is 0 Å². The van der Waals surface area contributed by atoms with Gasteiger partial charge in [-0.1, -0.05) is 11.6 Å². The lowest BCUT2D eigenvalue weighted by molar-refractivity contribution is 0.307. The Morgan fingerprint density at radius 2 is 2.19 bits per heavy atom. The molecule has 9 heteroatoms. The summed E-state index contributed by atoms with van der Waals surface area (Å²) in [5.74, 6) is 4.26. The first kappa shape index (κ1) is 21.8. The van der Waals surface area contributed by atoms with Crippen molar-refractivity contribution in [1.82, 2.24) is 20.5 Å². The van der Waals surface area contributed by atoms with Crippen molar-refractivity contribution in [2.45, 2.75) is 12.5 Å². The number of halogens is 2. The van der Waals surface area contributed by atoms with Gasteiger partial charge in [-0.3, -0.25) is 9.89 Å². The van der Waals surface area contributed by atoms with Crippen LogP contribution in [0.15, 0.2) is 23.3 Å². The van der Waals surface area contributed by atoms with Gasteiger partial charge in [-0.05, 0) is 18.6 Å². The van der Waals surface area contributed by atoms with Crippen molar-refractivity contribution >= 4 is 59.1 Å². The maximum absolute atomic E-state index is 6.26. The molecule has 0 spiro atoms. The number of hydrogen-bond acceptors (Lipinski definition) is 5. The molecule has 2 N–H and O–H groups in total. The molecule has 2 saturated heterocycles. The van der Waals surface area contributed by atoms with Crippen molar-refractivity contribution in [3.8, 4) is 0 Å². The van der Waals surface area contributed by atoms with Crippen molar-refractivity contribution in [2.24, 2.45) is 4.99 Å². The van der Waals surface area contributed by atoms with Gasteiger partial charge in [0.05, 0.1) is 5.02 Å². The lowest BCUT2D eigenvalue weighted by Gasteiger charge is -2.26. The highest BCUT2D eigenvalue weighted by molar-refractivity contribution is 14.0. The van der Waals surface area contributed by atoms with Gasteiger partial charge in [-0.2, -0.15) is 11.8 Å². The van der Waals surface area contributed by atoms with E-state index in [1.54, 1.807) is 6.20 Å². The molecule has 2 aliphatic heterocycles. The highest BCUT2D eigenvalue weighted by atomic mass is 127. The van der Waals surface area contributed by atoms with E-state index in [0.717, 1.165) is 44.4 Å². The molecule has 0 bridgehead atoms. The standard InChI is InChI=1S/C17H27ClN6S.HI/c1-19-17(21-6-8-23-9-11-25-12-10-23)22-14-4-7-24(13-14)16-15(18)3-2-5-20-16;/h2-3,5,14H,4,6-13H2,1H3,(H2,19,21,22);1H. The quantitative estimate of drug-likeness (QED) is 0.360. The summed E-state index contributed by atoms with van der Waals surface area (Å²) < 4.78 is 0. The number of anilines is 1. The van der Waals surface area contributed by atoms with Crippen molar-refractivity contribution in [3.63, 3.8) is 0 Å². The Hall–Kier alpha value is -0.450. The number of pyridine rings is 1. The maximum atomic E-state index is 6.26. The Bertz CT molecular complexity index is 584. The van der Waals surface area contributed by atoms with Crippen LogP contribution >= 0.6 is 47.3 Å². The van der Waals surface area contributed by atoms with Crippen LogP contribution in [0.2, 0.25) is 5.02 Å². The Morgan fingerprint density at radius 1 is 1.38 bits per heavy atom. The minimum absolute atomic E-state index is 0. The normalized spacial score (nSPS) is 21.4. The molecule has 26 heavy (non-hydrogen) atoms. The summed E-state index contributed by atoms with van der Waals surface area (Å²) in [5.41, 5.74) is 0. The van der Waals surface area contributed by atoms with Gasteiger partial charge in [0.2, 0.25) is 0 Å². The van der Waals surface area contributed by atoms with Gasteiger partial charge in [-0.25, -0.2) is 4.98 Å². The molecule has 3 rings (SSSR count). The number of aliphatic imine (C=N–C) groups is 1. The smallest absolute Gasteiger partial charge is 0.191 e. The molecule has 0 amide bonds. The number of thioether (sulfide) groups is 1. The van der Waals surface area contributed by atoms with Crippen LogP contribution in [-0.2, 0) is 0 Å². The third-order valence-electron chi connectivity index (χ3n) is 4.62. The summed E-state index contributed by atoms with van der Waals surface area (Å²) in [6.45, 7) is 6.23. The van der Waals surface area contributed by atoms with E-state index in [4.69, 9.17) is 11.6 Å². The second-order valence-electron chi connectivity index (χ2n) is 6.34. The van der Waals surface area contributed by atoms with Crippen LogP contribution in [0, 0.1) is 0 Å². The molecule has 6 nitrogen and oxygen atoms in total. The Morgan fingerprint density at radius 3 is 2.92 bits per heavy atom. The maximum Gasteiger partial charge on any atom is 0.191 e. The molecule has 2 fully saturated rings. The third-order valence-corrected chi connectivity index (χ3v) is 5.85. The van der Waals surface area contributed by atoms with Crippen LogP contribution in [0.5, 0.6) is 0 Å². The summed E-state index contributed by atoms with van der Waals surface area (Å²) in [6.07, 6.45) is 2.85. The molecule has 0 aromatic carbocycles. The Labute approximate surface area is 182 Å². The fourth-order valence-electron chi connectivity index (χ4n) is 3.23. The van der Waals surface area contributed by atoms with Crippen LogP contribution in [0.3, 0.4) is 0 Å². The topological polar surface area (TPSA) is 55.8 Å². The molecule has 1 aromatic heterocycles. The second-order valence-corrected chi connectivity index (χ2v) is 7.97. The van der Waals surface area contributed by atoms with Gasteiger partial charge in [-0.15, -0.1) is 24.0 Å². The van der Waals surface area contributed by atoms with E-state index < -0.39 is 0 Å².